The van der Waals surface area contributed by atoms with Crippen LogP contribution in [0.5, 0.6) is 5.75 Å². The Labute approximate surface area is 240 Å². The van der Waals surface area contributed by atoms with E-state index in [0.29, 0.717) is 29.1 Å². The lowest BCUT2D eigenvalue weighted by Gasteiger charge is -2.28. The number of pyridine rings is 1. The predicted molar refractivity (Wildman–Crippen MR) is 161 cm³/mol. The highest BCUT2D eigenvalue weighted by atomic mass is 35.5. The Morgan fingerprint density at radius 2 is 1.82 bits per heavy atom. The van der Waals surface area contributed by atoms with Crippen LogP contribution >= 0.6 is 23.8 Å². The predicted octanol–water partition coefficient (Wildman–Crippen LogP) is 6.96. The summed E-state index contributed by atoms with van der Waals surface area (Å²) in [6, 6.07) is 20.3. The van der Waals surface area contributed by atoms with Crippen LogP contribution in [0.25, 0.3) is 5.69 Å². The number of thiocarbonyl (C=S) groups is 1. The summed E-state index contributed by atoms with van der Waals surface area (Å²) in [5, 5.41) is 4.70. The van der Waals surface area contributed by atoms with Gasteiger partial charge in [-0.3, -0.25) is 4.98 Å². The van der Waals surface area contributed by atoms with E-state index in [1.807, 2.05) is 42.6 Å². The second kappa shape index (κ2) is 11.4. The third-order valence-corrected chi connectivity index (χ3v) is 7.84. The van der Waals surface area contributed by atoms with Gasteiger partial charge in [-0.1, -0.05) is 29.8 Å². The van der Waals surface area contributed by atoms with E-state index in [9.17, 15) is 0 Å². The fourth-order valence-electron chi connectivity index (χ4n) is 5.36. The standard InChI is InChI=1S/C31H33ClN4O2S/c1-19-9-10-20(2)27(16-19)35-21(3)17-24(22(35)4)30-29(26-8-6-7-13-33-26)34-31(39)36(30)23-11-12-28(25(32)18-23)38-15-14-37-5/h6-13,16-18,29-30H,14-15H2,1-5H3,(H,34,39)/t29-,30+/m0/s1. The van der Waals surface area contributed by atoms with Crippen molar-refractivity contribution in [1.29, 1.82) is 0 Å². The van der Waals surface area contributed by atoms with Crippen LogP contribution in [0.2, 0.25) is 5.02 Å². The molecular formula is C31H33ClN4O2S. The molecular weight excluding hydrogens is 528 g/mol. The highest BCUT2D eigenvalue weighted by molar-refractivity contribution is 7.80. The average molecular weight is 561 g/mol. The number of nitrogens with zero attached hydrogens (tertiary/aromatic N) is 3. The quantitative estimate of drug-likeness (QED) is 0.186. The van der Waals surface area contributed by atoms with Gasteiger partial charge in [0.15, 0.2) is 5.11 Å². The van der Waals surface area contributed by atoms with Crippen LogP contribution in [0.4, 0.5) is 5.69 Å². The van der Waals surface area contributed by atoms with E-state index in [2.05, 4.69) is 66.7 Å². The Bertz CT molecular complexity index is 1500. The van der Waals surface area contributed by atoms with Crippen LogP contribution in [-0.2, 0) is 4.74 Å². The van der Waals surface area contributed by atoms with Gasteiger partial charge in [-0.05, 0) is 99.1 Å². The zero-order valence-electron chi connectivity index (χ0n) is 22.9. The maximum Gasteiger partial charge on any atom is 0.174 e. The molecule has 2 atom stereocenters. The molecule has 0 amide bonds. The van der Waals surface area contributed by atoms with Crippen LogP contribution in [-0.4, -0.2) is 35.0 Å². The van der Waals surface area contributed by atoms with E-state index in [4.69, 9.17) is 38.3 Å². The van der Waals surface area contributed by atoms with Crippen LogP contribution in [0.3, 0.4) is 0 Å². The normalized spacial score (nSPS) is 17.0. The molecule has 0 radical (unpaired) electrons. The average Bonchev–Trinajstić information content (AvgIpc) is 3.42. The minimum atomic E-state index is -0.150. The van der Waals surface area contributed by atoms with Crippen molar-refractivity contribution in [3.8, 4) is 11.4 Å². The summed E-state index contributed by atoms with van der Waals surface area (Å²) < 4.78 is 13.2. The van der Waals surface area contributed by atoms with Crippen molar-refractivity contribution in [3.05, 3.63) is 106 Å². The Balaban J connectivity index is 1.62. The molecule has 0 aliphatic carbocycles. The van der Waals surface area contributed by atoms with E-state index in [1.165, 1.54) is 22.4 Å². The summed E-state index contributed by atoms with van der Waals surface area (Å²) in [6.07, 6.45) is 1.82. The second-order valence-electron chi connectivity index (χ2n) is 9.90. The van der Waals surface area contributed by atoms with Gasteiger partial charge in [-0.25, -0.2) is 0 Å². The van der Waals surface area contributed by atoms with Gasteiger partial charge in [0.1, 0.15) is 12.4 Å². The lowest BCUT2D eigenvalue weighted by molar-refractivity contribution is 0.146. The molecule has 8 heteroatoms. The van der Waals surface area contributed by atoms with Gasteiger partial charge < -0.3 is 24.3 Å². The fourth-order valence-corrected chi connectivity index (χ4v) is 5.93. The second-order valence-corrected chi connectivity index (χ2v) is 10.7. The molecule has 4 aromatic rings. The number of rotatable bonds is 8. The van der Waals surface area contributed by atoms with Crippen LogP contribution in [0, 0.1) is 27.7 Å². The van der Waals surface area contributed by atoms with Crippen molar-refractivity contribution in [2.75, 3.05) is 25.2 Å². The maximum absolute atomic E-state index is 6.68. The number of nitrogens with one attached hydrogen (secondary N) is 1. The molecule has 1 fully saturated rings. The number of ether oxygens (including phenoxy) is 2. The molecule has 0 saturated carbocycles. The van der Waals surface area contributed by atoms with E-state index < -0.39 is 0 Å². The molecule has 6 nitrogen and oxygen atoms in total. The monoisotopic (exact) mass is 560 g/mol. The molecule has 202 valence electrons. The van der Waals surface area contributed by atoms with Gasteiger partial charge in [-0.2, -0.15) is 0 Å². The van der Waals surface area contributed by atoms with E-state index in [-0.39, 0.29) is 12.1 Å². The van der Waals surface area contributed by atoms with E-state index in [1.54, 1.807) is 7.11 Å². The Morgan fingerprint density at radius 1 is 1.00 bits per heavy atom. The van der Waals surface area contributed by atoms with Gasteiger partial charge in [0.2, 0.25) is 0 Å². The molecule has 1 N–H and O–H groups in total. The van der Waals surface area contributed by atoms with Crippen LogP contribution in [0.1, 0.15) is 45.9 Å². The van der Waals surface area contributed by atoms with Gasteiger partial charge in [0, 0.05) is 36.1 Å². The van der Waals surface area contributed by atoms with Crippen molar-refractivity contribution in [1.82, 2.24) is 14.9 Å². The highest BCUT2D eigenvalue weighted by Crippen LogP contribution is 2.45. The fraction of sp³-hybridized carbons (Fsp3) is 0.290. The molecule has 1 saturated heterocycles. The molecule has 0 spiro atoms. The smallest absolute Gasteiger partial charge is 0.174 e. The number of anilines is 1. The molecule has 39 heavy (non-hydrogen) atoms. The highest BCUT2D eigenvalue weighted by Gasteiger charge is 2.42. The minimum Gasteiger partial charge on any atom is -0.490 e. The third-order valence-electron chi connectivity index (χ3n) is 7.23. The number of methoxy groups -OCH3 is 1. The van der Waals surface area contributed by atoms with Crippen molar-refractivity contribution < 1.29 is 9.47 Å². The first-order chi connectivity index (χ1) is 18.8. The number of hydrogen-bond acceptors (Lipinski definition) is 4. The number of benzene rings is 2. The van der Waals surface area contributed by atoms with Gasteiger partial charge in [0.25, 0.3) is 0 Å². The summed E-state index contributed by atoms with van der Waals surface area (Å²) in [6.45, 7) is 9.53. The molecule has 1 aliphatic heterocycles. The van der Waals surface area contributed by atoms with E-state index in [0.717, 1.165) is 22.8 Å². The number of halogens is 1. The van der Waals surface area contributed by atoms with Crippen molar-refractivity contribution in [3.63, 3.8) is 0 Å². The third kappa shape index (κ3) is 5.26. The first kappa shape index (κ1) is 27.2. The minimum absolute atomic E-state index is 0.145. The molecule has 0 unspecified atom stereocenters. The lowest BCUT2D eigenvalue weighted by atomic mass is 9.96. The zero-order chi connectivity index (χ0) is 27.7. The Hall–Kier alpha value is -3.39. The van der Waals surface area contributed by atoms with Gasteiger partial charge in [-0.15, -0.1) is 0 Å². The molecule has 5 rings (SSSR count). The summed E-state index contributed by atoms with van der Waals surface area (Å²) in [4.78, 5) is 6.85. The van der Waals surface area contributed by atoms with Crippen molar-refractivity contribution in [2.24, 2.45) is 0 Å². The van der Waals surface area contributed by atoms with Crippen molar-refractivity contribution >= 4 is 34.6 Å². The summed E-state index contributed by atoms with van der Waals surface area (Å²) in [5.74, 6) is 0.612. The largest absolute Gasteiger partial charge is 0.490 e. The molecule has 0 bridgehead atoms. The maximum atomic E-state index is 6.68. The molecule has 2 aromatic carbocycles. The number of hydrogen-bond donors (Lipinski definition) is 1. The number of aromatic nitrogens is 2. The zero-order valence-corrected chi connectivity index (χ0v) is 24.4. The molecule has 3 heterocycles. The van der Waals surface area contributed by atoms with Crippen LogP contribution < -0.4 is 15.0 Å². The molecule has 2 aromatic heterocycles. The molecule has 1 aliphatic rings. The Morgan fingerprint density at radius 3 is 2.54 bits per heavy atom. The SMILES string of the molecule is COCCOc1ccc(N2C(=S)N[C@@H](c3ccccn3)[C@H]2c2cc(C)n(-c3cc(C)ccc3C)c2C)cc1Cl. The van der Waals surface area contributed by atoms with E-state index >= 15 is 0 Å². The van der Waals surface area contributed by atoms with Crippen LogP contribution in [0.15, 0.2) is 66.9 Å². The number of aryl methyl sites for hydroxylation is 3. The topological polar surface area (TPSA) is 51.6 Å². The lowest BCUT2D eigenvalue weighted by Crippen LogP contribution is -2.29. The van der Waals surface area contributed by atoms with Gasteiger partial charge in [0.05, 0.1) is 29.4 Å². The first-order valence-corrected chi connectivity index (χ1v) is 13.8. The van der Waals surface area contributed by atoms with Gasteiger partial charge >= 0.3 is 0 Å². The summed E-state index contributed by atoms with van der Waals surface area (Å²) in [5.41, 5.74) is 8.94. The first-order valence-electron chi connectivity index (χ1n) is 13.0. The summed E-state index contributed by atoms with van der Waals surface area (Å²) >= 11 is 12.6. The summed E-state index contributed by atoms with van der Waals surface area (Å²) in [7, 11) is 1.64. The Kier molecular flexibility index (Phi) is 7.93. The van der Waals surface area contributed by atoms with Crippen molar-refractivity contribution in [2.45, 2.75) is 39.8 Å².